The number of aliphatic hydroxyl groups is 1. The summed E-state index contributed by atoms with van der Waals surface area (Å²) in [5.74, 6) is -0.183. The predicted octanol–water partition coefficient (Wildman–Crippen LogP) is 1.69. The third-order valence-electron chi connectivity index (χ3n) is 2.01. The molecule has 78 valence electrons. The van der Waals surface area contributed by atoms with Gasteiger partial charge in [-0.25, -0.2) is 4.39 Å². The van der Waals surface area contributed by atoms with E-state index >= 15 is 0 Å². The van der Waals surface area contributed by atoms with Crippen LogP contribution in [-0.2, 0) is 6.54 Å². The van der Waals surface area contributed by atoms with Gasteiger partial charge in [-0.15, -0.1) is 0 Å². The van der Waals surface area contributed by atoms with Crippen LogP contribution in [-0.4, -0.2) is 17.8 Å². The number of hydrogen-bond donors (Lipinski definition) is 2. The zero-order valence-corrected chi connectivity index (χ0v) is 8.33. The van der Waals surface area contributed by atoms with Crippen LogP contribution >= 0.6 is 0 Å². The Morgan fingerprint density at radius 3 is 2.79 bits per heavy atom. The SMILES string of the molecule is CC(O)CCNCc1ccccc1F. The maximum Gasteiger partial charge on any atom is 0.127 e. The first-order valence-corrected chi connectivity index (χ1v) is 4.82. The molecule has 2 nitrogen and oxygen atoms in total. The van der Waals surface area contributed by atoms with Gasteiger partial charge in [0.25, 0.3) is 0 Å². The monoisotopic (exact) mass is 197 g/mol. The Morgan fingerprint density at radius 2 is 2.14 bits per heavy atom. The lowest BCUT2D eigenvalue weighted by molar-refractivity contribution is 0.183. The number of nitrogens with one attached hydrogen (secondary N) is 1. The molecule has 0 saturated heterocycles. The number of hydrogen-bond acceptors (Lipinski definition) is 2. The van der Waals surface area contributed by atoms with Crippen molar-refractivity contribution in [3.05, 3.63) is 35.6 Å². The molecule has 0 aliphatic heterocycles. The summed E-state index contributed by atoms with van der Waals surface area (Å²) in [5.41, 5.74) is 0.665. The molecule has 0 fully saturated rings. The van der Waals surface area contributed by atoms with Crippen LogP contribution in [0.15, 0.2) is 24.3 Å². The molecule has 0 aliphatic carbocycles. The standard InChI is InChI=1S/C11H16FNO/c1-9(14)6-7-13-8-10-4-2-3-5-11(10)12/h2-5,9,13-14H,6-8H2,1H3. The average Bonchev–Trinajstić information content (AvgIpc) is 2.15. The van der Waals surface area contributed by atoms with Crippen molar-refractivity contribution in [2.45, 2.75) is 26.0 Å². The van der Waals surface area contributed by atoms with Gasteiger partial charge in [-0.1, -0.05) is 18.2 Å². The van der Waals surface area contributed by atoms with E-state index in [1.54, 1.807) is 19.1 Å². The van der Waals surface area contributed by atoms with Crippen LogP contribution in [0.4, 0.5) is 4.39 Å². The molecule has 0 bridgehead atoms. The second-order valence-electron chi connectivity index (χ2n) is 3.41. The van der Waals surface area contributed by atoms with E-state index in [-0.39, 0.29) is 11.9 Å². The molecule has 14 heavy (non-hydrogen) atoms. The van der Waals surface area contributed by atoms with Crippen molar-refractivity contribution >= 4 is 0 Å². The van der Waals surface area contributed by atoms with E-state index in [2.05, 4.69) is 5.32 Å². The fourth-order valence-corrected chi connectivity index (χ4v) is 1.18. The molecule has 0 saturated carbocycles. The summed E-state index contributed by atoms with van der Waals surface area (Å²) >= 11 is 0. The van der Waals surface area contributed by atoms with Crippen molar-refractivity contribution < 1.29 is 9.50 Å². The molecule has 0 radical (unpaired) electrons. The fraction of sp³-hybridized carbons (Fsp3) is 0.455. The minimum absolute atomic E-state index is 0.183. The highest BCUT2D eigenvalue weighted by Gasteiger charge is 1.99. The van der Waals surface area contributed by atoms with Crippen molar-refractivity contribution in [3.63, 3.8) is 0 Å². The molecular formula is C11H16FNO. The molecule has 0 heterocycles. The van der Waals surface area contributed by atoms with Gasteiger partial charge in [-0.05, 0) is 26.0 Å². The number of rotatable bonds is 5. The quantitative estimate of drug-likeness (QED) is 0.704. The molecule has 1 aromatic rings. The lowest BCUT2D eigenvalue weighted by Crippen LogP contribution is -2.19. The summed E-state index contributed by atoms with van der Waals surface area (Å²) in [7, 11) is 0. The maximum atomic E-state index is 13.1. The van der Waals surface area contributed by atoms with Crippen LogP contribution in [0.25, 0.3) is 0 Å². The van der Waals surface area contributed by atoms with E-state index in [0.717, 1.165) is 0 Å². The van der Waals surface area contributed by atoms with E-state index < -0.39 is 0 Å². The summed E-state index contributed by atoms with van der Waals surface area (Å²) < 4.78 is 13.1. The van der Waals surface area contributed by atoms with Gasteiger partial charge >= 0.3 is 0 Å². The van der Waals surface area contributed by atoms with Gasteiger partial charge in [0.1, 0.15) is 5.82 Å². The Balaban J connectivity index is 2.28. The summed E-state index contributed by atoms with van der Waals surface area (Å²) in [4.78, 5) is 0. The number of halogens is 1. The average molecular weight is 197 g/mol. The Kier molecular flexibility index (Phi) is 4.56. The molecule has 3 heteroatoms. The van der Waals surface area contributed by atoms with Crippen molar-refractivity contribution in [3.8, 4) is 0 Å². The third-order valence-corrected chi connectivity index (χ3v) is 2.01. The van der Waals surface area contributed by atoms with Gasteiger partial charge in [-0.2, -0.15) is 0 Å². The number of aliphatic hydroxyl groups excluding tert-OH is 1. The molecule has 0 aromatic heterocycles. The fourth-order valence-electron chi connectivity index (χ4n) is 1.18. The first kappa shape index (κ1) is 11.1. The maximum absolute atomic E-state index is 13.1. The van der Waals surface area contributed by atoms with E-state index in [4.69, 9.17) is 5.11 Å². The molecule has 1 atom stereocenters. The normalized spacial score (nSPS) is 12.8. The zero-order valence-electron chi connectivity index (χ0n) is 8.33. The summed E-state index contributed by atoms with van der Waals surface area (Å²) in [6, 6.07) is 6.69. The Labute approximate surface area is 83.8 Å². The molecule has 1 rings (SSSR count). The smallest absolute Gasteiger partial charge is 0.127 e. The van der Waals surface area contributed by atoms with Crippen LogP contribution in [0.3, 0.4) is 0 Å². The second kappa shape index (κ2) is 5.73. The largest absolute Gasteiger partial charge is 0.393 e. The molecule has 0 spiro atoms. The highest BCUT2D eigenvalue weighted by Crippen LogP contribution is 2.05. The molecule has 2 N–H and O–H groups in total. The van der Waals surface area contributed by atoms with Crippen molar-refractivity contribution in [1.82, 2.24) is 5.32 Å². The Bertz CT molecular complexity index is 276. The van der Waals surface area contributed by atoms with Gasteiger partial charge < -0.3 is 10.4 Å². The minimum atomic E-state index is -0.303. The van der Waals surface area contributed by atoms with E-state index in [0.29, 0.717) is 25.1 Å². The summed E-state index contributed by atoms with van der Waals surface area (Å²) in [6.07, 6.45) is 0.386. The van der Waals surface area contributed by atoms with Crippen LogP contribution < -0.4 is 5.32 Å². The van der Waals surface area contributed by atoms with Gasteiger partial charge in [0.15, 0.2) is 0 Å². The lowest BCUT2D eigenvalue weighted by atomic mass is 10.2. The van der Waals surface area contributed by atoms with E-state index in [1.165, 1.54) is 6.07 Å². The Morgan fingerprint density at radius 1 is 1.43 bits per heavy atom. The highest BCUT2D eigenvalue weighted by molar-refractivity contribution is 5.16. The molecule has 0 amide bonds. The predicted molar refractivity (Wildman–Crippen MR) is 54.4 cm³/mol. The van der Waals surface area contributed by atoms with Gasteiger partial charge in [0.2, 0.25) is 0 Å². The number of benzene rings is 1. The lowest BCUT2D eigenvalue weighted by Gasteiger charge is -2.06. The zero-order chi connectivity index (χ0) is 10.4. The van der Waals surface area contributed by atoms with E-state index in [1.807, 2.05) is 6.07 Å². The topological polar surface area (TPSA) is 32.3 Å². The summed E-state index contributed by atoms with van der Waals surface area (Å²) in [6.45, 7) is 2.95. The van der Waals surface area contributed by atoms with Crippen LogP contribution in [0.2, 0.25) is 0 Å². The van der Waals surface area contributed by atoms with Crippen LogP contribution in [0, 0.1) is 5.82 Å². The molecule has 0 aliphatic rings. The van der Waals surface area contributed by atoms with Crippen LogP contribution in [0.1, 0.15) is 18.9 Å². The van der Waals surface area contributed by atoms with E-state index in [9.17, 15) is 4.39 Å². The molecule has 1 unspecified atom stereocenters. The highest BCUT2D eigenvalue weighted by atomic mass is 19.1. The third kappa shape index (κ3) is 3.85. The molecular weight excluding hydrogens is 181 g/mol. The van der Waals surface area contributed by atoms with Crippen LogP contribution in [0.5, 0.6) is 0 Å². The van der Waals surface area contributed by atoms with Crippen molar-refractivity contribution in [2.24, 2.45) is 0 Å². The Hall–Kier alpha value is -0.930. The van der Waals surface area contributed by atoms with Gasteiger partial charge in [0.05, 0.1) is 6.10 Å². The van der Waals surface area contributed by atoms with Crippen molar-refractivity contribution in [2.75, 3.05) is 6.54 Å². The van der Waals surface area contributed by atoms with Gasteiger partial charge in [-0.3, -0.25) is 0 Å². The second-order valence-corrected chi connectivity index (χ2v) is 3.41. The summed E-state index contributed by atoms with van der Waals surface area (Å²) in [5, 5.41) is 12.1. The molecule has 1 aromatic carbocycles. The first-order chi connectivity index (χ1) is 6.70. The first-order valence-electron chi connectivity index (χ1n) is 4.82. The van der Waals surface area contributed by atoms with Gasteiger partial charge in [0, 0.05) is 12.1 Å². The van der Waals surface area contributed by atoms with Crippen molar-refractivity contribution in [1.29, 1.82) is 0 Å². The minimum Gasteiger partial charge on any atom is -0.393 e.